The van der Waals surface area contributed by atoms with Crippen LogP contribution in [-0.2, 0) is 6.54 Å². The number of rotatable bonds is 9. The van der Waals surface area contributed by atoms with Crippen molar-refractivity contribution in [1.29, 1.82) is 0 Å². The van der Waals surface area contributed by atoms with Gasteiger partial charge in [-0.2, -0.15) is 0 Å². The maximum absolute atomic E-state index is 9.58. The summed E-state index contributed by atoms with van der Waals surface area (Å²) in [5.74, 6) is 1.92. The van der Waals surface area contributed by atoms with Gasteiger partial charge in [-0.3, -0.25) is 0 Å². The molecule has 2 aliphatic rings. The van der Waals surface area contributed by atoms with Crippen molar-refractivity contribution in [2.75, 3.05) is 57.3 Å². The molecule has 1 saturated carbocycles. The van der Waals surface area contributed by atoms with Gasteiger partial charge < -0.3 is 25.5 Å². The SMILES string of the molecule is CCNC(=NCc1ccnc(N2CCN(CC)CC2)c1)NCC1(CCO)CCCCC1. The number of aromatic nitrogens is 1. The number of nitrogens with one attached hydrogen (secondary N) is 2. The van der Waals surface area contributed by atoms with Crippen LogP contribution in [0.5, 0.6) is 0 Å². The Morgan fingerprint density at radius 3 is 2.58 bits per heavy atom. The molecule has 3 rings (SSSR count). The summed E-state index contributed by atoms with van der Waals surface area (Å²) in [7, 11) is 0. The van der Waals surface area contributed by atoms with Gasteiger partial charge in [0.25, 0.3) is 0 Å². The summed E-state index contributed by atoms with van der Waals surface area (Å²) in [6.45, 7) is 12.3. The number of anilines is 1. The third-order valence-electron chi connectivity index (χ3n) is 6.90. The Balaban J connectivity index is 1.59. The molecule has 0 unspecified atom stereocenters. The van der Waals surface area contributed by atoms with E-state index in [0.29, 0.717) is 6.54 Å². The van der Waals surface area contributed by atoms with Crippen molar-refractivity contribution in [3.63, 3.8) is 0 Å². The lowest BCUT2D eigenvalue weighted by atomic mass is 9.72. The quantitative estimate of drug-likeness (QED) is 0.413. The highest BCUT2D eigenvalue weighted by Crippen LogP contribution is 2.38. The van der Waals surface area contributed by atoms with Gasteiger partial charge in [0.2, 0.25) is 0 Å². The number of likely N-dealkylation sites (N-methyl/N-ethyl adjacent to an activating group) is 1. The van der Waals surface area contributed by atoms with Crippen LogP contribution in [0.2, 0.25) is 0 Å². The van der Waals surface area contributed by atoms with E-state index >= 15 is 0 Å². The lowest BCUT2D eigenvalue weighted by molar-refractivity contribution is 0.131. The maximum Gasteiger partial charge on any atom is 0.191 e. The third-order valence-corrected chi connectivity index (χ3v) is 6.90. The summed E-state index contributed by atoms with van der Waals surface area (Å²) in [5.41, 5.74) is 1.39. The Kier molecular flexibility index (Phi) is 9.40. The molecule has 2 fully saturated rings. The first-order valence-electron chi connectivity index (χ1n) is 12.2. The minimum atomic E-state index is 0.202. The summed E-state index contributed by atoms with van der Waals surface area (Å²) < 4.78 is 0. The molecular weight excluding hydrogens is 388 g/mol. The summed E-state index contributed by atoms with van der Waals surface area (Å²) in [6.07, 6.45) is 9.02. The van der Waals surface area contributed by atoms with Crippen molar-refractivity contribution in [3.8, 4) is 0 Å². The molecule has 1 aliphatic carbocycles. The van der Waals surface area contributed by atoms with E-state index in [2.05, 4.69) is 51.4 Å². The summed E-state index contributed by atoms with van der Waals surface area (Å²) in [6, 6.07) is 4.25. The minimum Gasteiger partial charge on any atom is -0.396 e. The zero-order valence-electron chi connectivity index (χ0n) is 19.6. The molecule has 0 bridgehead atoms. The van der Waals surface area contributed by atoms with Crippen molar-refractivity contribution in [2.45, 2.75) is 58.9 Å². The first kappa shape index (κ1) is 23.8. The number of hydrogen-bond acceptors (Lipinski definition) is 5. The molecule has 0 amide bonds. The Morgan fingerprint density at radius 2 is 1.90 bits per heavy atom. The molecule has 7 nitrogen and oxygen atoms in total. The smallest absolute Gasteiger partial charge is 0.191 e. The predicted molar refractivity (Wildman–Crippen MR) is 129 cm³/mol. The topological polar surface area (TPSA) is 76.0 Å². The first-order chi connectivity index (χ1) is 15.2. The molecule has 0 spiro atoms. The van der Waals surface area contributed by atoms with Gasteiger partial charge in [-0.05, 0) is 55.8 Å². The van der Waals surface area contributed by atoms with Crippen LogP contribution in [0, 0.1) is 5.41 Å². The van der Waals surface area contributed by atoms with E-state index in [1.807, 2.05) is 6.20 Å². The molecule has 1 aromatic rings. The predicted octanol–water partition coefficient (Wildman–Crippen LogP) is 2.61. The second-order valence-electron chi connectivity index (χ2n) is 9.03. The lowest BCUT2D eigenvalue weighted by Crippen LogP contribution is -2.46. The molecule has 0 radical (unpaired) electrons. The summed E-state index contributed by atoms with van der Waals surface area (Å²) >= 11 is 0. The number of pyridine rings is 1. The van der Waals surface area contributed by atoms with Gasteiger partial charge in [0.05, 0.1) is 6.54 Å². The molecule has 7 heteroatoms. The second kappa shape index (κ2) is 12.2. The van der Waals surface area contributed by atoms with Gasteiger partial charge in [0.15, 0.2) is 5.96 Å². The zero-order chi connectivity index (χ0) is 21.9. The molecule has 1 aliphatic heterocycles. The van der Waals surface area contributed by atoms with E-state index < -0.39 is 0 Å². The van der Waals surface area contributed by atoms with Gasteiger partial charge in [-0.1, -0.05) is 26.2 Å². The summed E-state index contributed by atoms with van der Waals surface area (Å²) in [4.78, 5) is 14.3. The monoisotopic (exact) mass is 430 g/mol. The van der Waals surface area contributed by atoms with Gasteiger partial charge in [-0.15, -0.1) is 0 Å². The van der Waals surface area contributed by atoms with Crippen molar-refractivity contribution in [2.24, 2.45) is 10.4 Å². The van der Waals surface area contributed by atoms with Crippen LogP contribution < -0.4 is 15.5 Å². The molecule has 0 atom stereocenters. The Morgan fingerprint density at radius 1 is 1.13 bits per heavy atom. The Bertz CT molecular complexity index is 675. The van der Waals surface area contributed by atoms with Crippen LogP contribution in [0.15, 0.2) is 23.3 Å². The van der Waals surface area contributed by atoms with E-state index in [4.69, 9.17) is 4.99 Å². The van der Waals surface area contributed by atoms with E-state index in [1.54, 1.807) is 0 Å². The van der Waals surface area contributed by atoms with Crippen LogP contribution in [-0.4, -0.2) is 73.4 Å². The normalized spacial score (nSPS) is 20.0. The van der Waals surface area contributed by atoms with Crippen LogP contribution in [0.25, 0.3) is 0 Å². The number of guanidine groups is 1. The molecule has 1 saturated heterocycles. The molecule has 1 aromatic heterocycles. The molecule has 2 heterocycles. The van der Waals surface area contributed by atoms with Crippen LogP contribution in [0.1, 0.15) is 57.9 Å². The van der Waals surface area contributed by atoms with Crippen molar-refractivity contribution < 1.29 is 5.11 Å². The zero-order valence-corrected chi connectivity index (χ0v) is 19.6. The number of aliphatic imine (C=N–C) groups is 1. The van der Waals surface area contributed by atoms with E-state index in [1.165, 1.54) is 37.7 Å². The van der Waals surface area contributed by atoms with E-state index in [-0.39, 0.29) is 12.0 Å². The summed E-state index contributed by atoms with van der Waals surface area (Å²) in [5, 5.41) is 16.5. The maximum atomic E-state index is 9.58. The minimum absolute atomic E-state index is 0.202. The highest BCUT2D eigenvalue weighted by atomic mass is 16.3. The molecule has 31 heavy (non-hydrogen) atoms. The highest BCUT2D eigenvalue weighted by Gasteiger charge is 2.31. The number of hydrogen-bond donors (Lipinski definition) is 3. The standard InChI is InChI=1S/C24H42N6O/c1-3-25-23(28-20-24(11-17-31)9-6-5-7-10-24)27-19-21-8-12-26-22(18-21)30-15-13-29(4-2)14-16-30/h8,12,18,31H,3-7,9-11,13-17,19-20H2,1-2H3,(H2,25,27,28). The Hall–Kier alpha value is -1.86. The second-order valence-corrected chi connectivity index (χ2v) is 9.03. The van der Waals surface area contributed by atoms with Crippen LogP contribution >= 0.6 is 0 Å². The lowest BCUT2D eigenvalue weighted by Gasteiger charge is -2.37. The fraction of sp³-hybridized carbons (Fsp3) is 0.750. The number of aliphatic hydroxyl groups excluding tert-OH is 1. The van der Waals surface area contributed by atoms with Gasteiger partial charge in [0.1, 0.15) is 5.82 Å². The van der Waals surface area contributed by atoms with Crippen molar-refractivity contribution >= 4 is 11.8 Å². The third kappa shape index (κ3) is 7.07. The van der Waals surface area contributed by atoms with Gasteiger partial charge in [0, 0.05) is 52.1 Å². The van der Waals surface area contributed by atoms with Crippen LogP contribution in [0.4, 0.5) is 5.82 Å². The molecule has 0 aromatic carbocycles. The fourth-order valence-corrected chi connectivity index (χ4v) is 4.86. The highest BCUT2D eigenvalue weighted by molar-refractivity contribution is 5.79. The fourth-order valence-electron chi connectivity index (χ4n) is 4.86. The average Bonchev–Trinajstić information content (AvgIpc) is 2.82. The Labute approximate surface area is 188 Å². The molecule has 3 N–H and O–H groups in total. The average molecular weight is 431 g/mol. The van der Waals surface area contributed by atoms with Gasteiger partial charge >= 0.3 is 0 Å². The van der Waals surface area contributed by atoms with E-state index in [9.17, 15) is 5.11 Å². The molecular formula is C24H42N6O. The first-order valence-corrected chi connectivity index (χ1v) is 12.2. The van der Waals surface area contributed by atoms with Crippen molar-refractivity contribution in [1.82, 2.24) is 20.5 Å². The molecule has 174 valence electrons. The van der Waals surface area contributed by atoms with Crippen LogP contribution in [0.3, 0.4) is 0 Å². The van der Waals surface area contributed by atoms with Crippen molar-refractivity contribution in [3.05, 3.63) is 23.9 Å². The number of piperazine rings is 1. The van der Waals surface area contributed by atoms with Gasteiger partial charge in [-0.25, -0.2) is 9.98 Å². The van der Waals surface area contributed by atoms with E-state index in [0.717, 1.165) is 64.0 Å². The number of nitrogens with zero attached hydrogens (tertiary/aromatic N) is 4. The largest absolute Gasteiger partial charge is 0.396 e. The number of aliphatic hydroxyl groups is 1.